The van der Waals surface area contributed by atoms with Gasteiger partial charge in [-0.25, -0.2) is 12.7 Å². The number of fused-ring (bicyclic) bond motifs is 1. The number of rotatable bonds is 5. The van der Waals surface area contributed by atoms with Gasteiger partial charge in [0.1, 0.15) is 0 Å². The van der Waals surface area contributed by atoms with Gasteiger partial charge in [-0.1, -0.05) is 11.6 Å². The molecule has 0 spiro atoms. The summed E-state index contributed by atoms with van der Waals surface area (Å²) in [7, 11) is -3.29. The van der Waals surface area contributed by atoms with Crippen LogP contribution in [0.1, 0.15) is 34.5 Å². The SMILES string of the molecule is Cc1ccc2nc(C)cc(C(=O)NCCS(=O)(=O)N3CCCC3)c2c1. The number of carbonyl (C=O) groups excluding carboxylic acids is 1. The van der Waals surface area contributed by atoms with Crippen LogP contribution in [-0.4, -0.2) is 49.0 Å². The van der Waals surface area contributed by atoms with Crippen LogP contribution in [0, 0.1) is 13.8 Å². The molecule has 25 heavy (non-hydrogen) atoms. The Labute approximate surface area is 148 Å². The van der Waals surface area contributed by atoms with Gasteiger partial charge in [0.25, 0.3) is 5.91 Å². The lowest BCUT2D eigenvalue weighted by atomic mass is 10.0. The van der Waals surface area contributed by atoms with E-state index in [-0.39, 0.29) is 18.2 Å². The minimum Gasteiger partial charge on any atom is -0.351 e. The first-order chi connectivity index (χ1) is 11.9. The van der Waals surface area contributed by atoms with E-state index in [4.69, 9.17) is 0 Å². The third-order valence-corrected chi connectivity index (χ3v) is 6.31. The second-order valence-electron chi connectivity index (χ2n) is 6.51. The van der Waals surface area contributed by atoms with Crippen molar-refractivity contribution in [3.05, 3.63) is 41.1 Å². The third kappa shape index (κ3) is 3.99. The summed E-state index contributed by atoms with van der Waals surface area (Å²) in [4.78, 5) is 17.0. The number of pyridine rings is 1. The molecule has 0 unspecified atom stereocenters. The average molecular weight is 361 g/mol. The minimum atomic E-state index is -3.29. The normalized spacial score (nSPS) is 15.6. The fourth-order valence-electron chi connectivity index (χ4n) is 3.14. The summed E-state index contributed by atoms with van der Waals surface area (Å²) in [6.45, 7) is 5.08. The maximum atomic E-state index is 12.6. The number of aromatic nitrogens is 1. The van der Waals surface area contributed by atoms with E-state index >= 15 is 0 Å². The quantitative estimate of drug-likeness (QED) is 0.883. The summed E-state index contributed by atoms with van der Waals surface area (Å²) in [5.74, 6) is -0.336. The van der Waals surface area contributed by atoms with Crippen LogP contribution in [0.25, 0.3) is 10.9 Å². The molecule has 0 atom stereocenters. The Morgan fingerprint density at radius 3 is 2.64 bits per heavy atom. The van der Waals surface area contributed by atoms with Crippen molar-refractivity contribution in [3.63, 3.8) is 0 Å². The average Bonchev–Trinajstić information content (AvgIpc) is 3.09. The number of sulfonamides is 1. The Kier molecular flexibility index (Phi) is 5.06. The largest absolute Gasteiger partial charge is 0.351 e. The number of nitrogens with one attached hydrogen (secondary N) is 1. The predicted octanol–water partition coefficient (Wildman–Crippen LogP) is 2.01. The van der Waals surface area contributed by atoms with Crippen molar-refractivity contribution in [2.75, 3.05) is 25.4 Å². The van der Waals surface area contributed by atoms with E-state index < -0.39 is 10.0 Å². The van der Waals surface area contributed by atoms with Crippen LogP contribution >= 0.6 is 0 Å². The molecule has 3 rings (SSSR count). The molecule has 0 saturated carbocycles. The molecule has 0 aliphatic carbocycles. The number of benzene rings is 1. The first-order valence-corrected chi connectivity index (χ1v) is 10.1. The van der Waals surface area contributed by atoms with Gasteiger partial charge in [-0.2, -0.15) is 0 Å². The highest BCUT2D eigenvalue weighted by Crippen LogP contribution is 2.20. The van der Waals surface area contributed by atoms with Crippen LogP contribution in [0.3, 0.4) is 0 Å². The Hall–Kier alpha value is -1.99. The monoisotopic (exact) mass is 361 g/mol. The number of amides is 1. The molecule has 134 valence electrons. The van der Waals surface area contributed by atoms with E-state index in [1.807, 2.05) is 32.0 Å². The smallest absolute Gasteiger partial charge is 0.252 e. The van der Waals surface area contributed by atoms with E-state index in [2.05, 4.69) is 10.3 Å². The maximum absolute atomic E-state index is 12.6. The first-order valence-electron chi connectivity index (χ1n) is 8.51. The molecule has 1 aromatic carbocycles. The standard InChI is InChI=1S/C18H23N3O3S/c1-13-5-6-17-15(11-13)16(12-14(2)20-17)18(22)19-7-10-25(23,24)21-8-3-4-9-21/h5-6,11-12H,3-4,7-10H2,1-2H3,(H,19,22). The van der Waals surface area contributed by atoms with Crippen LogP contribution in [0.5, 0.6) is 0 Å². The predicted molar refractivity (Wildman–Crippen MR) is 98.1 cm³/mol. The summed E-state index contributed by atoms with van der Waals surface area (Å²) in [5, 5.41) is 3.53. The van der Waals surface area contributed by atoms with Gasteiger partial charge in [0.05, 0.1) is 16.8 Å². The molecule has 1 saturated heterocycles. The molecule has 1 amide bonds. The first kappa shape index (κ1) is 17.8. The second-order valence-corrected chi connectivity index (χ2v) is 8.60. The Balaban J connectivity index is 1.73. The lowest BCUT2D eigenvalue weighted by molar-refractivity contribution is 0.0957. The summed E-state index contributed by atoms with van der Waals surface area (Å²) in [6, 6.07) is 7.52. The molecule has 1 aliphatic rings. The molecule has 0 radical (unpaired) electrons. The van der Waals surface area contributed by atoms with Gasteiger partial charge < -0.3 is 5.32 Å². The molecule has 7 heteroatoms. The topological polar surface area (TPSA) is 79.4 Å². The zero-order valence-corrected chi connectivity index (χ0v) is 15.4. The zero-order valence-electron chi connectivity index (χ0n) is 14.6. The van der Waals surface area contributed by atoms with Crippen LogP contribution in [0.4, 0.5) is 0 Å². The van der Waals surface area contributed by atoms with E-state index in [9.17, 15) is 13.2 Å². The maximum Gasteiger partial charge on any atom is 0.252 e. The highest BCUT2D eigenvalue weighted by Gasteiger charge is 2.25. The van der Waals surface area contributed by atoms with Crippen molar-refractivity contribution in [3.8, 4) is 0 Å². The lowest BCUT2D eigenvalue weighted by Gasteiger charge is -2.15. The molecule has 2 heterocycles. The van der Waals surface area contributed by atoms with E-state index in [1.54, 1.807) is 6.07 Å². The van der Waals surface area contributed by atoms with Gasteiger partial charge in [0, 0.05) is 30.7 Å². The fraction of sp³-hybridized carbons (Fsp3) is 0.444. The van der Waals surface area contributed by atoms with Gasteiger partial charge in [-0.05, 0) is 44.9 Å². The van der Waals surface area contributed by atoms with Crippen LogP contribution < -0.4 is 5.32 Å². The van der Waals surface area contributed by atoms with Crippen LogP contribution in [-0.2, 0) is 10.0 Å². The van der Waals surface area contributed by atoms with Gasteiger partial charge in [-0.3, -0.25) is 9.78 Å². The van der Waals surface area contributed by atoms with Gasteiger partial charge >= 0.3 is 0 Å². The molecule has 1 fully saturated rings. The van der Waals surface area contributed by atoms with E-state index in [0.717, 1.165) is 35.0 Å². The summed E-state index contributed by atoms with van der Waals surface area (Å²) in [6.07, 6.45) is 1.82. The van der Waals surface area contributed by atoms with Crippen molar-refractivity contribution in [2.24, 2.45) is 0 Å². The van der Waals surface area contributed by atoms with Gasteiger partial charge in [0.2, 0.25) is 10.0 Å². The third-order valence-electron chi connectivity index (χ3n) is 4.44. The van der Waals surface area contributed by atoms with Gasteiger partial charge in [-0.15, -0.1) is 0 Å². The van der Waals surface area contributed by atoms with Crippen molar-refractivity contribution in [1.29, 1.82) is 0 Å². The molecule has 1 N–H and O–H groups in total. The Morgan fingerprint density at radius 1 is 1.20 bits per heavy atom. The number of aryl methyl sites for hydroxylation is 2. The summed E-state index contributed by atoms with van der Waals surface area (Å²) < 4.78 is 26.0. The van der Waals surface area contributed by atoms with Gasteiger partial charge in [0.15, 0.2) is 0 Å². The molecule has 1 aliphatic heterocycles. The molecule has 0 bridgehead atoms. The van der Waals surface area contributed by atoms with Crippen molar-refractivity contribution < 1.29 is 13.2 Å². The summed E-state index contributed by atoms with van der Waals surface area (Å²) in [5.41, 5.74) is 3.10. The van der Waals surface area contributed by atoms with Crippen molar-refractivity contribution in [2.45, 2.75) is 26.7 Å². The number of nitrogens with zero attached hydrogens (tertiary/aromatic N) is 2. The highest BCUT2D eigenvalue weighted by atomic mass is 32.2. The fourth-order valence-corrected chi connectivity index (χ4v) is 4.58. The van der Waals surface area contributed by atoms with Crippen molar-refractivity contribution in [1.82, 2.24) is 14.6 Å². The Bertz CT molecular complexity index is 903. The van der Waals surface area contributed by atoms with Crippen LogP contribution in [0.15, 0.2) is 24.3 Å². The molecule has 6 nitrogen and oxygen atoms in total. The minimum absolute atomic E-state index is 0.0697. The highest BCUT2D eigenvalue weighted by molar-refractivity contribution is 7.89. The molecule has 2 aromatic rings. The summed E-state index contributed by atoms with van der Waals surface area (Å²) >= 11 is 0. The number of hydrogen-bond donors (Lipinski definition) is 1. The van der Waals surface area contributed by atoms with Crippen molar-refractivity contribution >= 4 is 26.8 Å². The molecule has 1 aromatic heterocycles. The molecular weight excluding hydrogens is 338 g/mol. The van der Waals surface area contributed by atoms with Crippen LogP contribution in [0.2, 0.25) is 0 Å². The van der Waals surface area contributed by atoms with E-state index in [1.165, 1.54) is 4.31 Å². The Morgan fingerprint density at radius 2 is 1.92 bits per heavy atom. The number of hydrogen-bond acceptors (Lipinski definition) is 4. The number of carbonyl (C=O) groups is 1. The van der Waals surface area contributed by atoms with E-state index in [0.29, 0.717) is 18.7 Å². The zero-order chi connectivity index (χ0) is 18.0. The molecular formula is C18H23N3O3S. The second kappa shape index (κ2) is 7.09. The lowest BCUT2D eigenvalue weighted by Crippen LogP contribution is -2.36.